The van der Waals surface area contributed by atoms with Crippen molar-refractivity contribution in [3.8, 4) is 0 Å². The van der Waals surface area contributed by atoms with Crippen molar-refractivity contribution in [3.63, 3.8) is 0 Å². The molecule has 9 nitrogen and oxygen atoms in total. The largest absolute Gasteiger partial charge is 0.352 e. The molecule has 0 spiro atoms. The summed E-state index contributed by atoms with van der Waals surface area (Å²) in [4.78, 5) is 43.4. The summed E-state index contributed by atoms with van der Waals surface area (Å²) in [6.45, 7) is -0.995. The normalized spacial score (nSPS) is 18.1. The maximum atomic E-state index is 14.1. The van der Waals surface area contributed by atoms with Crippen LogP contribution in [0.4, 0.5) is 38.3 Å². The number of amides is 4. The first kappa shape index (κ1) is 26.4. The van der Waals surface area contributed by atoms with Gasteiger partial charge in [0.2, 0.25) is 18.2 Å². The molecule has 204 valence electrons. The molecule has 1 aromatic heterocycles. The quantitative estimate of drug-likeness (QED) is 0.415. The first-order chi connectivity index (χ1) is 18.5. The number of alkyl halides is 2. The van der Waals surface area contributed by atoms with Gasteiger partial charge < -0.3 is 15.2 Å². The smallest absolute Gasteiger partial charge is 0.327 e. The second-order valence-corrected chi connectivity index (χ2v) is 9.21. The molecule has 0 fully saturated rings. The summed E-state index contributed by atoms with van der Waals surface area (Å²) in [6.07, 6.45) is -2.98. The van der Waals surface area contributed by atoms with Crippen LogP contribution in [0.5, 0.6) is 0 Å². The zero-order valence-corrected chi connectivity index (χ0v) is 20.6. The Bertz CT molecular complexity index is 1530. The van der Waals surface area contributed by atoms with Gasteiger partial charge in [0.15, 0.2) is 17.5 Å². The predicted molar refractivity (Wildman–Crippen MR) is 128 cm³/mol. The van der Waals surface area contributed by atoms with Crippen molar-refractivity contribution in [1.29, 1.82) is 0 Å². The maximum absolute atomic E-state index is 14.1. The summed E-state index contributed by atoms with van der Waals surface area (Å²) in [5, 5.41) is 7.46. The Morgan fingerprint density at radius 2 is 1.85 bits per heavy atom. The number of carbonyl (C=O) groups is 3. The minimum Gasteiger partial charge on any atom is -0.352 e. The number of nitrogens with zero attached hydrogens (tertiary/aromatic N) is 3. The minimum atomic E-state index is -2.98. The number of hydrogen-bond donors (Lipinski definition) is 3. The average Bonchev–Trinajstić information content (AvgIpc) is 3.43. The number of aromatic nitrogens is 2. The maximum Gasteiger partial charge on any atom is 0.327 e. The third kappa shape index (κ3) is 4.54. The summed E-state index contributed by atoms with van der Waals surface area (Å²) in [6, 6.07) is 2.44. The zero-order chi connectivity index (χ0) is 28.2. The van der Waals surface area contributed by atoms with E-state index >= 15 is 0 Å². The van der Waals surface area contributed by atoms with Crippen molar-refractivity contribution < 1.29 is 36.3 Å². The van der Waals surface area contributed by atoms with Crippen LogP contribution in [-0.4, -0.2) is 47.4 Å². The number of nitrogens with one attached hydrogen (secondary N) is 3. The number of anilines is 2. The van der Waals surface area contributed by atoms with Crippen LogP contribution in [0.25, 0.3) is 0 Å². The van der Waals surface area contributed by atoms with E-state index in [2.05, 4.69) is 20.9 Å². The van der Waals surface area contributed by atoms with Crippen LogP contribution in [0.3, 0.4) is 0 Å². The molecule has 2 atom stereocenters. The number of urea groups is 1. The Morgan fingerprint density at radius 3 is 2.54 bits per heavy atom. The lowest BCUT2D eigenvalue weighted by molar-refractivity contribution is -0.123. The lowest BCUT2D eigenvalue weighted by Crippen LogP contribution is -2.41. The van der Waals surface area contributed by atoms with Crippen LogP contribution >= 0.6 is 11.6 Å². The number of fused-ring (bicyclic) bond motifs is 2. The minimum absolute atomic E-state index is 0.0455. The molecular weight excluding hydrogens is 551 g/mol. The Kier molecular flexibility index (Phi) is 6.66. The fourth-order valence-electron chi connectivity index (χ4n) is 4.73. The molecule has 2 aromatic carbocycles. The Morgan fingerprint density at radius 1 is 1.13 bits per heavy atom. The highest BCUT2D eigenvalue weighted by atomic mass is 35.5. The van der Waals surface area contributed by atoms with Crippen molar-refractivity contribution in [2.45, 2.75) is 24.9 Å². The molecule has 5 rings (SSSR count). The van der Waals surface area contributed by atoms with Gasteiger partial charge in [-0.2, -0.15) is 0 Å². The van der Waals surface area contributed by atoms with E-state index in [1.165, 1.54) is 17.7 Å². The Balaban J connectivity index is 1.60. The van der Waals surface area contributed by atoms with E-state index in [1.807, 2.05) is 0 Å². The van der Waals surface area contributed by atoms with E-state index in [-0.39, 0.29) is 39.2 Å². The Hall–Kier alpha value is -4.20. The molecule has 3 heterocycles. The topological polar surface area (TPSA) is 108 Å². The molecule has 4 amide bonds. The molecule has 0 saturated carbocycles. The van der Waals surface area contributed by atoms with Crippen molar-refractivity contribution >= 4 is 41.0 Å². The van der Waals surface area contributed by atoms with Crippen LogP contribution in [0, 0.1) is 17.5 Å². The van der Waals surface area contributed by atoms with E-state index in [9.17, 15) is 36.3 Å². The van der Waals surface area contributed by atoms with Crippen LogP contribution in [0.2, 0.25) is 5.02 Å². The lowest BCUT2D eigenvalue weighted by Gasteiger charge is -2.28. The van der Waals surface area contributed by atoms with Crippen LogP contribution in [-0.2, 0) is 11.3 Å². The fourth-order valence-corrected chi connectivity index (χ4v) is 4.95. The molecule has 2 aliphatic rings. The molecule has 0 radical (unpaired) electrons. The van der Waals surface area contributed by atoms with Gasteiger partial charge in [0, 0.05) is 30.2 Å². The highest BCUT2D eigenvalue weighted by Crippen LogP contribution is 2.42. The third-order valence-corrected chi connectivity index (χ3v) is 6.84. The Labute approximate surface area is 221 Å². The summed E-state index contributed by atoms with van der Waals surface area (Å²) in [5.41, 5.74) is -0.390. The van der Waals surface area contributed by atoms with Gasteiger partial charge in [-0.25, -0.2) is 31.7 Å². The van der Waals surface area contributed by atoms with E-state index in [0.717, 1.165) is 17.0 Å². The zero-order valence-electron chi connectivity index (χ0n) is 19.9. The van der Waals surface area contributed by atoms with Gasteiger partial charge in [0.25, 0.3) is 5.91 Å². The van der Waals surface area contributed by atoms with E-state index in [0.29, 0.717) is 12.1 Å². The molecule has 15 heteroatoms. The molecule has 3 N–H and O–H groups in total. The first-order valence-electron chi connectivity index (χ1n) is 11.4. The number of hydrogen-bond acceptors (Lipinski definition) is 4. The van der Waals surface area contributed by atoms with E-state index in [1.54, 1.807) is 0 Å². The fraction of sp³-hybridized carbons (Fsp3) is 0.250. The van der Waals surface area contributed by atoms with Crippen molar-refractivity contribution in [3.05, 3.63) is 75.5 Å². The molecule has 0 saturated heterocycles. The van der Waals surface area contributed by atoms with Crippen molar-refractivity contribution in [2.24, 2.45) is 0 Å². The predicted octanol–water partition coefficient (Wildman–Crippen LogP) is 3.93. The van der Waals surface area contributed by atoms with Gasteiger partial charge in [-0.3, -0.25) is 19.8 Å². The van der Waals surface area contributed by atoms with Gasteiger partial charge in [-0.15, -0.1) is 0 Å². The third-order valence-electron chi connectivity index (χ3n) is 6.50. The second-order valence-electron chi connectivity index (χ2n) is 8.81. The summed E-state index contributed by atoms with van der Waals surface area (Å²) < 4.78 is 70.6. The highest BCUT2D eigenvalue weighted by Gasteiger charge is 2.41. The van der Waals surface area contributed by atoms with Gasteiger partial charge >= 0.3 is 6.03 Å². The van der Waals surface area contributed by atoms with Gasteiger partial charge in [0.1, 0.15) is 12.4 Å². The number of carbonyl (C=O) groups excluding carboxylic acids is 3. The summed E-state index contributed by atoms with van der Waals surface area (Å²) in [7, 11) is 1.31. The lowest BCUT2D eigenvalue weighted by atomic mass is 10.0. The first-order valence-corrected chi connectivity index (χ1v) is 11.8. The molecule has 0 aliphatic carbocycles. The van der Waals surface area contributed by atoms with Gasteiger partial charge in [0.05, 0.1) is 23.3 Å². The average molecular weight is 569 g/mol. The van der Waals surface area contributed by atoms with Crippen LogP contribution < -0.4 is 20.9 Å². The highest BCUT2D eigenvalue weighted by molar-refractivity contribution is 6.31. The SMILES string of the molecule is CNC(=O)c1nc(NC(=O)N2C[C@H](C(F)F)c3cc(F)c(F)cc32)c2n1CC(=O)N[C@@H]2c1cc(F)ccc1Cl. The summed E-state index contributed by atoms with van der Waals surface area (Å²) >= 11 is 6.27. The molecule has 2 aliphatic heterocycles. The second kappa shape index (κ2) is 9.84. The van der Waals surface area contributed by atoms with E-state index < -0.39 is 66.8 Å². The van der Waals surface area contributed by atoms with Gasteiger partial charge in [-0.05, 0) is 29.8 Å². The number of rotatable bonds is 4. The van der Waals surface area contributed by atoms with Crippen LogP contribution in [0.1, 0.15) is 39.4 Å². The van der Waals surface area contributed by atoms with Crippen molar-refractivity contribution in [1.82, 2.24) is 20.2 Å². The number of imidazole rings is 1. The molecule has 0 unspecified atom stereocenters. The monoisotopic (exact) mass is 568 g/mol. The molecular formula is C24H18ClF5N6O3. The number of benzene rings is 2. The molecule has 0 bridgehead atoms. The number of halogens is 6. The molecule has 3 aromatic rings. The van der Waals surface area contributed by atoms with E-state index in [4.69, 9.17) is 11.6 Å². The van der Waals surface area contributed by atoms with Crippen molar-refractivity contribution in [2.75, 3.05) is 23.8 Å². The van der Waals surface area contributed by atoms with Gasteiger partial charge in [-0.1, -0.05) is 11.6 Å². The van der Waals surface area contributed by atoms with Crippen LogP contribution in [0.15, 0.2) is 30.3 Å². The standard InChI is InChI=1S/C24H18ClF5N6O3/c1-31-23(38)22-33-21(19-18(32-17(37)8-36(19)22)11-4-9(26)2-3-13(11)25)34-24(39)35-7-12(20(29)30)10-5-14(27)15(28)6-16(10)35/h2-6,12,18,20H,7-8H2,1H3,(H,31,38)(H,32,37)(H,34,39)/t12-,18+/m0/s1. The molecule has 39 heavy (non-hydrogen) atoms. The summed E-state index contributed by atoms with van der Waals surface area (Å²) in [5.74, 6) is -6.80.